The smallest absolute Gasteiger partial charge is 0.0562 e. The zero-order valence-corrected chi connectivity index (χ0v) is 14.5. The van der Waals surface area contributed by atoms with Crippen LogP contribution in [0.1, 0.15) is 56.1 Å². The number of nitrogens with two attached hydrogens (primary N) is 1. The number of benzene rings is 1. The average molecular weight is 323 g/mol. The zero-order chi connectivity index (χ0) is 17.2. The van der Waals surface area contributed by atoms with Crippen LogP contribution in [0.3, 0.4) is 0 Å². The Balaban J connectivity index is 1.78. The summed E-state index contributed by atoms with van der Waals surface area (Å²) in [5.41, 5.74) is 12.0. The van der Waals surface area contributed by atoms with E-state index in [-0.39, 0.29) is 0 Å². The molecule has 0 radical (unpaired) electrons. The number of hydrogen-bond acceptors (Lipinski definition) is 3. The molecule has 0 unspecified atom stereocenters. The van der Waals surface area contributed by atoms with E-state index in [1.54, 1.807) is 6.08 Å². The summed E-state index contributed by atoms with van der Waals surface area (Å²) in [7, 11) is 0. The summed E-state index contributed by atoms with van der Waals surface area (Å²) in [6.45, 7) is 7.72. The van der Waals surface area contributed by atoms with Crippen molar-refractivity contribution in [3.8, 4) is 0 Å². The van der Waals surface area contributed by atoms with Gasteiger partial charge in [-0.25, -0.2) is 0 Å². The lowest BCUT2D eigenvalue weighted by Crippen LogP contribution is -2.07. The molecule has 0 atom stereocenters. The van der Waals surface area contributed by atoms with Crippen molar-refractivity contribution in [2.24, 2.45) is 16.8 Å². The van der Waals surface area contributed by atoms with E-state index in [0.717, 1.165) is 29.2 Å². The molecule has 1 saturated carbocycles. The molecule has 1 aliphatic carbocycles. The van der Waals surface area contributed by atoms with Crippen molar-refractivity contribution in [3.63, 3.8) is 0 Å². The minimum atomic E-state index is 0.542. The molecule has 0 spiro atoms. The third-order valence-electron chi connectivity index (χ3n) is 4.44. The van der Waals surface area contributed by atoms with E-state index in [1.807, 2.05) is 36.6 Å². The van der Waals surface area contributed by atoms with Crippen molar-refractivity contribution in [1.82, 2.24) is 5.43 Å². The fourth-order valence-electron chi connectivity index (χ4n) is 3.07. The minimum absolute atomic E-state index is 0.542. The molecule has 0 saturated heterocycles. The second-order valence-corrected chi connectivity index (χ2v) is 6.52. The van der Waals surface area contributed by atoms with Gasteiger partial charge in [-0.1, -0.05) is 69.5 Å². The predicted octanol–water partition coefficient (Wildman–Crippen LogP) is 5.08. The molecule has 0 heterocycles. The van der Waals surface area contributed by atoms with Gasteiger partial charge < -0.3 is 5.73 Å². The van der Waals surface area contributed by atoms with Crippen molar-refractivity contribution in [2.75, 3.05) is 0 Å². The fourth-order valence-corrected chi connectivity index (χ4v) is 3.07. The Morgan fingerprint density at radius 2 is 2.04 bits per heavy atom. The highest BCUT2D eigenvalue weighted by molar-refractivity contribution is 5.67. The van der Waals surface area contributed by atoms with Gasteiger partial charge in [-0.15, -0.1) is 0 Å². The molecule has 3 nitrogen and oxygen atoms in total. The molecule has 1 fully saturated rings. The normalized spacial score (nSPS) is 15.8. The maximum Gasteiger partial charge on any atom is 0.0562 e. The summed E-state index contributed by atoms with van der Waals surface area (Å²) >= 11 is 0. The SMILES string of the molecule is C=C(N)/C=C/c1cccc(C(=C)N/N=C/CCC2CCCCC2)c1. The van der Waals surface area contributed by atoms with Crippen molar-refractivity contribution in [3.05, 3.63) is 60.3 Å². The molecule has 1 aromatic carbocycles. The average Bonchev–Trinajstić information content (AvgIpc) is 2.60. The van der Waals surface area contributed by atoms with Crippen LogP contribution >= 0.6 is 0 Å². The van der Waals surface area contributed by atoms with Crippen LogP contribution in [0.25, 0.3) is 11.8 Å². The lowest BCUT2D eigenvalue weighted by Gasteiger charge is -2.20. The molecule has 3 N–H and O–H groups in total. The third kappa shape index (κ3) is 6.45. The lowest BCUT2D eigenvalue weighted by molar-refractivity contribution is 0.344. The summed E-state index contributed by atoms with van der Waals surface area (Å²) < 4.78 is 0. The zero-order valence-electron chi connectivity index (χ0n) is 14.5. The Morgan fingerprint density at radius 1 is 1.25 bits per heavy atom. The van der Waals surface area contributed by atoms with Gasteiger partial charge in [0.2, 0.25) is 0 Å². The van der Waals surface area contributed by atoms with Gasteiger partial charge in [-0.3, -0.25) is 5.43 Å². The summed E-state index contributed by atoms with van der Waals surface area (Å²) in [6.07, 6.45) is 15.0. The van der Waals surface area contributed by atoms with Gasteiger partial charge in [0.1, 0.15) is 0 Å². The molecule has 3 heteroatoms. The summed E-state index contributed by atoms with van der Waals surface area (Å²) in [6, 6.07) is 8.07. The summed E-state index contributed by atoms with van der Waals surface area (Å²) in [5, 5.41) is 4.31. The van der Waals surface area contributed by atoms with Gasteiger partial charge in [0.15, 0.2) is 0 Å². The van der Waals surface area contributed by atoms with Crippen LogP contribution in [0.2, 0.25) is 0 Å². The van der Waals surface area contributed by atoms with Crippen molar-refractivity contribution in [1.29, 1.82) is 0 Å². The fraction of sp³-hybridized carbons (Fsp3) is 0.381. The van der Waals surface area contributed by atoms with Crippen molar-refractivity contribution < 1.29 is 0 Å². The summed E-state index contributed by atoms with van der Waals surface area (Å²) in [5.74, 6) is 0.897. The Kier molecular flexibility index (Phi) is 7.34. The first kappa shape index (κ1) is 18.1. The quantitative estimate of drug-likeness (QED) is 0.398. The number of rotatable bonds is 8. The number of nitrogens with one attached hydrogen (secondary N) is 1. The molecule has 128 valence electrons. The van der Waals surface area contributed by atoms with Gasteiger partial charge in [-0.2, -0.15) is 5.10 Å². The largest absolute Gasteiger partial charge is 0.399 e. The van der Waals surface area contributed by atoms with Crippen LogP contribution in [0, 0.1) is 5.92 Å². The molecule has 1 aromatic rings. The summed E-state index contributed by atoms with van der Waals surface area (Å²) in [4.78, 5) is 0. The van der Waals surface area contributed by atoms with Crippen LogP contribution in [-0.4, -0.2) is 6.21 Å². The van der Waals surface area contributed by atoms with Crippen LogP contribution in [0.4, 0.5) is 0 Å². The maximum absolute atomic E-state index is 5.56. The first-order chi connectivity index (χ1) is 11.6. The second-order valence-electron chi connectivity index (χ2n) is 6.52. The van der Waals surface area contributed by atoms with E-state index in [4.69, 9.17) is 5.73 Å². The minimum Gasteiger partial charge on any atom is -0.399 e. The topological polar surface area (TPSA) is 50.4 Å². The van der Waals surface area contributed by atoms with E-state index in [2.05, 4.69) is 23.7 Å². The standard InChI is InChI=1S/C21H29N3/c1-17(22)13-14-20-10-6-12-21(16-20)18(2)24-23-15-7-11-19-8-4-3-5-9-19/h6,10,12-16,19,24H,1-5,7-9,11,22H2/b14-13+,23-15+. The van der Waals surface area contributed by atoms with Crippen LogP contribution < -0.4 is 11.2 Å². The van der Waals surface area contributed by atoms with Crippen LogP contribution in [-0.2, 0) is 0 Å². The Hall–Kier alpha value is -2.29. The first-order valence-electron chi connectivity index (χ1n) is 8.84. The number of hydrogen-bond donors (Lipinski definition) is 2. The van der Waals surface area contributed by atoms with Gasteiger partial charge in [0.25, 0.3) is 0 Å². The number of allylic oxidation sites excluding steroid dienone is 1. The Bertz CT molecular complexity index is 607. The van der Waals surface area contributed by atoms with Gasteiger partial charge in [0, 0.05) is 11.9 Å². The van der Waals surface area contributed by atoms with Gasteiger partial charge in [0.05, 0.1) is 5.70 Å². The monoisotopic (exact) mass is 323 g/mol. The highest BCUT2D eigenvalue weighted by atomic mass is 15.3. The number of hydrazone groups is 1. The molecule has 1 aliphatic rings. The van der Waals surface area contributed by atoms with E-state index < -0.39 is 0 Å². The molecule has 2 rings (SSSR count). The molecular weight excluding hydrogens is 294 g/mol. The molecule has 24 heavy (non-hydrogen) atoms. The van der Waals surface area contributed by atoms with E-state index in [1.165, 1.54) is 38.5 Å². The van der Waals surface area contributed by atoms with Crippen molar-refractivity contribution >= 4 is 18.0 Å². The van der Waals surface area contributed by atoms with Crippen LogP contribution in [0.15, 0.2) is 54.3 Å². The Morgan fingerprint density at radius 3 is 2.79 bits per heavy atom. The molecular formula is C21H29N3. The molecule has 0 bridgehead atoms. The molecule has 0 aromatic heterocycles. The highest BCUT2D eigenvalue weighted by Gasteiger charge is 2.11. The van der Waals surface area contributed by atoms with Gasteiger partial charge >= 0.3 is 0 Å². The van der Waals surface area contributed by atoms with Crippen molar-refractivity contribution in [2.45, 2.75) is 44.9 Å². The predicted molar refractivity (Wildman–Crippen MR) is 105 cm³/mol. The second kappa shape index (κ2) is 9.76. The molecule has 0 aliphatic heterocycles. The van der Waals surface area contributed by atoms with E-state index in [0.29, 0.717) is 5.70 Å². The lowest BCUT2D eigenvalue weighted by atomic mass is 9.86. The number of nitrogens with zero attached hydrogens (tertiary/aromatic N) is 1. The van der Waals surface area contributed by atoms with E-state index >= 15 is 0 Å². The van der Waals surface area contributed by atoms with Crippen LogP contribution in [0.5, 0.6) is 0 Å². The first-order valence-corrected chi connectivity index (χ1v) is 8.84. The maximum atomic E-state index is 5.56. The van der Waals surface area contributed by atoms with E-state index in [9.17, 15) is 0 Å². The highest BCUT2D eigenvalue weighted by Crippen LogP contribution is 2.26. The Labute approximate surface area is 146 Å². The third-order valence-corrected chi connectivity index (χ3v) is 4.44. The molecule has 0 amide bonds. The van der Waals surface area contributed by atoms with Gasteiger partial charge in [-0.05, 0) is 42.0 Å².